The molecule has 0 saturated heterocycles. The number of hydrogen-bond acceptors (Lipinski definition) is 2. The van der Waals surface area contributed by atoms with Crippen LogP contribution in [0.15, 0.2) is 11.8 Å². The van der Waals surface area contributed by atoms with Gasteiger partial charge in [-0.1, -0.05) is 26.7 Å². The second kappa shape index (κ2) is 6.49. The quantitative estimate of drug-likeness (QED) is 0.678. The zero-order valence-corrected chi connectivity index (χ0v) is 10.3. The maximum atomic E-state index is 3.39. The number of nitrogens with one attached hydrogen (secondary N) is 1. The van der Waals surface area contributed by atoms with Crippen LogP contribution in [0.3, 0.4) is 0 Å². The molecule has 0 bridgehead atoms. The van der Waals surface area contributed by atoms with Gasteiger partial charge in [-0.25, -0.2) is 5.01 Å². The molecule has 1 aliphatic heterocycles. The summed E-state index contributed by atoms with van der Waals surface area (Å²) in [6.45, 7) is 8.77. The lowest BCUT2D eigenvalue weighted by Gasteiger charge is -2.22. The van der Waals surface area contributed by atoms with Gasteiger partial charge in [0.2, 0.25) is 0 Å². The second-order valence-electron chi connectivity index (χ2n) is 4.20. The van der Waals surface area contributed by atoms with Crippen LogP contribution < -0.4 is 5.53 Å². The van der Waals surface area contributed by atoms with Crippen molar-refractivity contribution in [3.63, 3.8) is 0 Å². The summed E-state index contributed by atoms with van der Waals surface area (Å²) in [7, 11) is 0. The molecule has 0 unspecified atom stereocenters. The predicted octanol–water partition coefficient (Wildman–Crippen LogP) is 2.31. The maximum Gasteiger partial charge on any atom is 0.199 e. The van der Waals surface area contributed by atoms with Gasteiger partial charge in [0, 0.05) is 24.7 Å². The van der Waals surface area contributed by atoms with E-state index in [1.54, 1.807) is 0 Å². The van der Waals surface area contributed by atoms with E-state index >= 15 is 0 Å². The number of hydrazine groups is 2. The van der Waals surface area contributed by atoms with Crippen molar-refractivity contribution in [1.82, 2.24) is 10.5 Å². The van der Waals surface area contributed by atoms with Gasteiger partial charge >= 0.3 is 0 Å². The van der Waals surface area contributed by atoms with E-state index in [0.29, 0.717) is 0 Å². The molecule has 0 aromatic carbocycles. The van der Waals surface area contributed by atoms with Gasteiger partial charge in [0.05, 0.1) is 0 Å². The minimum Gasteiger partial charge on any atom is -0.247 e. The van der Waals surface area contributed by atoms with Gasteiger partial charge in [0.15, 0.2) is 12.8 Å². The Balaban J connectivity index is 2.43. The van der Waals surface area contributed by atoms with Gasteiger partial charge in [-0.05, 0) is 13.3 Å². The second-order valence-corrected chi connectivity index (χ2v) is 4.20. The Kier molecular flexibility index (Phi) is 5.22. The largest absolute Gasteiger partial charge is 0.247 e. The molecule has 0 atom stereocenters. The molecule has 86 valence electrons. The Morgan fingerprint density at radius 2 is 2.00 bits per heavy atom. The molecule has 0 aliphatic carbocycles. The van der Waals surface area contributed by atoms with Gasteiger partial charge in [-0.3, -0.25) is 0 Å². The summed E-state index contributed by atoms with van der Waals surface area (Å²) in [5, 5.41) is 2.19. The minimum atomic E-state index is 1.09. The molecule has 0 aromatic rings. The van der Waals surface area contributed by atoms with E-state index in [-0.39, 0.29) is 0 Å². The third kappa shape index (κ3) is 4.36. The molecule has 0 radical (unpaired) electrons. The van der Waals surface area contributed by atoms with E-state index < -0.39 is 0 Å². The highest BCUT2D eigenvalue weighted by Gasteiger charge is 2.13. The van der Waals surface area contributed by atoms with Crippen molar-refractivity contribution in [1.29, 1.82) is 0 Å². The van der Waals surface area contributed by atoms with Gasteiger partial charge < -0.3 is 0 Å². The Bertz CT molecular complexity index is 243. The lowest BCUT2D eigenvalue weighted by atomic mass is 10.3. The molecule has 3 heteroatoms. The minimum absolute atomic E-state index is 1.09. The summed E-state index contributed by atoms with van der Waals surface area (Å²) >= 11 is 0. The zero-order chi connectivity index (χ0) is 11.1. The average molecular weight is 210 g/mol. The molecular weight excluding hydrogens is 186 g/mol. The Morgan fingerprint density at radius 1 is 1.27 bits per heavy atom. The van der Waals surface area contributed by atoms with Crippen LogP contribution in [0.1, 0.15) is 46.5 Å². The van der Waals surface area contributed by atoms with E-state index in [4.69, 9.17) is 0 Å². The van der Waals surface area contributed by atoms with E-state index in [1.165, 1.54) is 31.3 Å². The summed E-state index contributed by atoms with van der Waals surface area (Å²) in [6.07, 6.45) is 9.31. The fraction of sp³-hybridized carbons (Fsp3) is 0.750. The van der Waals surface area contributed by atoms with Crippen LogP contribution in [0, 0.1) is 0 Å². The number of unbranched alkanes of at least 4 members (excludes halogenated alkanes) is 2. The Labute approximate surface area is 93.4 Å². The molecule has 1 aliphatic rings. The summed E-state index contributed by atoms with van der Waals surface area (Å²) in [5.74, 6) is 0. The fourth-order valence-corrected chi connectivity index (χ4v) is 1.63. The summed E-state index contributed by atoms with van der Waals surface area (Å²) < 4.78 is 2.19. The number of nitrogens with zero attached hydrogens (tertiary/aromatic N) is 2. The molecule has 1 rings (SSSR count). The molecule has 1 N–H and O–H groups in total. The number of rotatable bonds is 6. The first-order valence-electron chi connectivity index (χ1n) is 6.09. The van der Waals surface area contributed by atoms with Crippen molar-refractivity contribution in [3.05, 3.63) is 11.8 Å². The standard InChI is InChI=1S/C12H24N3/c1-4-6-8-14-10-12(3)11-15(13-14)9-7-5-2/h10-11,13H,4-9H2,1-3H3/q+1. The molecule has 3 nitrogen and oxygen atoms in total. The van der Waals surface area contributed by atoms with Gasteiger partial charge in [0.1, 0.15) is 0 Å². The van der Waals surface area contributed by atoms with E-state index in [9.17, 15) is 0 Å². The Hall–Kier alpha value is -0.990. The zero-order valence-electron chi connectivity index (χ0n) is 10.3. The van der Waals surface area contributed by atoms with E-state index in [0.717, 1.165) is 13.1 Å². The third-order valence-electron chi connectivity index (χ3n) is 2.48. The van der Waals surface area contributed by atoms with Gasteiger partial charge in [-0.2, -0.15) is 0 Å². The lowest BCUT2D eigenvalue weighted by molar-refractivity contribution is -0.613. The number of allylic oxidation sites excluding steroid dienone is 1. The Morgan fingerprint density at radius 3 is 2.67 bits per heavy atom. The number of hydrazone groups is 1. The molecule has 0 spiro atoms. The normalized spacial score (nSPS) is 15.8. The predicted molar refractivity (Wildman–Crippen MR) is 64.6 cm³/mol. The third-order valence-corrected chi connectivity index (χ3v) is 2.48. The molecule has 0 amide bonds. The first-order valence-corrected chi connectivity index (χ1v) is 6.09. The van der Waals surface area contributed by atoms with Crippen molar-refractivity contribution in [2.45, 2.75) is 46.5 Å². The van der Waals surface area contributed by atoms with Crippen LogP contribution in [0.5, 0.6) is 0 Å². The van der Waals surface area contributed by atoms with Crippen molar-refractivity contribution < 1.29 is 4.68 Å². The van der Waals surface area contributed by atoms with Crippen molar-refractivity contribution in [3.8, 4) is 0 Å². The van der Waals surface area contributed by atoms with Crippen molar-refractivity contribution >= 4 is 6.21 Å². The fourth-order valence-electron chi connectivity index (χ4n) is 1.63. The first-order chi connectivity index (χ1) is 7.26. The molecule has 15 heavy (non-hydrogen) atoms. The highest BCUT2D eigenvalue weighted by Crippen LogP contribution is 2.01. The monoisotopic (exact) mass is 210 g/mol. The van der Waals surface area contributed by atoms with E-state index in [1.807, 2.05) is 0 Å². The molecule has 0 aromatic heterocycles. The summed E-state index contributed by atoms with van der Waals surface area (Å²) in [6, 6.07) is 0. The molecule has 0 fully saturated rings. The molecular formula is C12H24N3+. The summed E-state index contributed by atoms with van der Waals surface area (Å²) in [5.41, 5.74) is 4.71. The summed E-state index contributed by atoms with van der Waals surface area (Å²) in [4.78, 5) is 0. The topological polar surface area (TPSA) is 18.3 Å². The number of hydrogen-bond donors (Lipinski definition) is 1. The van der Waals surface area contributed by atoms with Gasteiger partial charge in [0.25, 0.3) is 0 Å². The van der Waals surface area contributed by atoms with Crippen LogP contribution in [0.25, 0.3) is 0 Å². The van der Waals surface area contributed by atoms with Crippen LogP contribution in [-0.2, 0) is 0 Å². The van der Waals surface area contributed by atoms with Crippen LogP contribution >= 0.6 is 0 Å². The first kappa shape index (κ1) is 12.1. The SMILES string of the molecule is CCCCN1C=C(C)C=[N+](CCCC)N1. The van der Waals surface area contributed by atoms with E-state index in [2.05, 4.69) is 48.4 Å². The average Bonchev–Trinajstić information content (AvgIpc) is 2.23. The maximum absolute atomic E-state index is 3.39. The van der Waals surface area contributed by atoms with Gasteiger partial charge in [-0.15, -0.1) is 10.2 Å². The van der Waals surface area contributed by atoms with Crippen molar-refractivity contribution in [2.24, 2.45) is 0 Å². The molecule has 1 heterocycles. The van der Waals surface area contributed by atoms with Crippen molar-refractivity contribution in [2.75, 3.05) is 13.1 Å². The molecule has 0 saturated carbocycles. The highest BCUT2D eigenvalue weighted by molar-refractivity contribution is 5.73. The van der Waals surface area contributed by atoms with Crippen LogP contribution in [0.4, 0.5) is 0 Å². The highest BCUT2D eigenvalue weighted by atomic mass is 15.7. The smallest absolute Gasteiger partial charge is 0.199 e. The lowest BCUT2D eigenvalue weighted by Crippen LogP contribution is -2.45. The van der Waals surface area contributed by atoms with Crippen LogP contribution in [0.2, 0.25) is 0 Å². The van der Waals surface area contributed by atoms with Crippen LogP contribution in [-0.4, -0.2) is 29.0 Å².